The van der Waals surface area contributed by atoms with Gasteiger partial charge in [0.2, 0.25) is 0 Å². The van der Waals surface area contributed by atoms with Gasteiger partial charge in [-0.05, 0) is 24.1 Å². The van der Waals surface area contributed by atoms with Crippen molar-refractivity contribution >= 4 is 19.1 Å². The lowest BCUT2D eigenvalue weighted by Crippen LogP contribution is -1.96. The molecule has 1 atom stereocenters. The Kier molecular flexibility index (Phi) is 2.84. The van der Waals surface area contributed by atoms with Crippen LogP contribution < -0.4 is 5.30 Å². The third kappa shape index (κ3) is 2.17. The van der Waals surface area contributed by atoms with E-state index in [-0.39, 0.29) is 7.55 Å². The lowest BCUT2D eigenvalue weighted by atomic mass is 10.2. The van der Waals surface area contributed by atoms with Crippen molar-refractivity contribution in [3.8, 4) is 0 Å². The summed E-state index contributed by atoms with van der Waals surface area (Å²) < 4.78 is 0. The summed E-state index contributed by atoms with van der Waals surface area (Å²) in [5.41, 5.74) is 1.42. The summed E-state index contributed by atoms with van der Waals surface area (Å²) in [6.45, 7) is 4.37. The summed E-state index contributed by atoms with van der Waals surface area (Å²) in [5.74, 6) is 0. The second kappa shape index (κ2) is 3.69. The quantitative estimate of drug-likeness (QED) is 0.590. The molecule has 0 saturated heterocycles. The number of hydrogen-bond acceptors (Lipinski definition) is 0. The standard InChI is InChI=1S/C10H14P/c1-4-9-6-5-7-10(8-9)11(2)3/h5-8H,2,4H2,1,3H3/q+1. The van der Waals surface area contributed by atoms with Crippen molar-refractivity contribution in [3.05, 3.63) is 29.8 Å². The van der Waals surface area contributed by atoms with Crippen LogP contribution in [0.4, 0.5) is 0 Å². The number of aryl methyl sites for hydroxylation is 1. The Morgan fingerprint density at radius 2 is 2.18 bits per heavy atom. The first-order valence-corrected chi connectivity index (χ1v) is 5.84. The zero-order chi connectivity index (χ0) is 8.27. The minimum atomic E-state index is -0.167. The van der Waals surface area contributed by atoms with E-state index in [2.05, 4.69) is 44.2 Å². The molecule has 0 spiro atoms. The fourth-order valence-corrected chi connectivity index (χ4v) is 1.74. The van der Waals surface area contributed by atoms with Gasteiger partial charge in [0.25, 0.3) is 0 Å². The van der Waals surface area contributed by atoms with Crippen LogP contribution in [-0.4, -0.2) is 13.0 Å². The molecule has 1 unspecified atom stereocenters. The van der Waals surface area contributed by atoms with E-state index in [9.17, 15) is 0 Å². The maximum absolute atomic E-state index is 4.05. The van der Waals surface area contributed by atoms with Gasteiger partial charge in [-0.25, -0.2) is 0 Å². The molecular weight excluding hydrogens is 151 g/mol. The monoisotopic (exact) mass is 165 g/mol. The molecule has 0 heterocycles. The van der Waals surface area contributed by atoms with Crippen molar-refractivity contribution in [1.82, 2.24) is 0 Å². The van der Waals surface area contributed by atoms with Crippen LogP contribution in [0.1, 0.15) is 12.5 Å². The van der Waals surface area contributed by atoms with Crippen LogP contribution in [-0.2, 0) is 6.42 Å². The van der Waals surface area contributed by atoms with Crippen LogP contribution in [0.3, 0.4) is 0 Å². The van der Waals surface area contributed by atoms with Gasteiger partial charge in [0.15, 0.2) is 0 Å². The van der Waals surface area contributed by atoms with Gasteiger partial charge in [-0.3, -0.25) is 0 Å². The fraction of sp³-hybridized carbons (Fsp3) is 0.300. The van der Waals surface area contributed by atoms with E-state index in [0.29, 0.717) is 0 Å². The molecule has 0 amide bonds. The molecule has 0 saturated carbocycles. The normalized spacial score (nSPS) is 11.3. The van der Waals surface area contributed by atoms with E-state index in [1.165, 1.54) is 10.9 Å². The van der Waals surface area contributed by atoms with Crippen LogP contribution in [0, 0.1) is 0 Å². The SMILES string of the molecule is C=[P+](C)c1cccc(CC)c1. The molecule has 0 aromatic heterocycles. The lowest BCUT2D eigenvalue weighted by molar-refractivity contribution is 1.14. The van der Waals surface area contributed by atoms with Gasteiger partial charge in [-0.1, -0.05) is 19.1 Å². The molecule has 0 N–H and O–H groups in total. The van der Waals surface area contributed by atoms with E-state index >= 15 is 0 Å². The zero-order valence-corrected chi connectivity index (χ0v) is 8.07. The summed E-state index contributed by atoms with van der Waals surface area (Å²) in [6, 6.07) is 8.72. The van der Waals surface area contributed by atoms with Crippen LogP contribution in [0.2, 0.25) is 0 Å². The predicted octanol–water partition coefficient (Wildman–Crippen LogP) is 2.42. The summed E-state index contributed by atoms with van der Waals surface area (Å²) >= 11 is 0. The van der Waals surface area contributed by atoms with Crippen LogP contribution in [0.5, 0.6) is 0 Å². The molecule has 1 aromatic carbocycles. The molecule has 0 nitrogen and oxygen atoms in total. The summed E-state index contributed by atoms with van der Waals surface area (Å²) in [6.07, 6.45) is 5.17. The van der Waals surface area contributed by atoms with Gasteiger partial charge >= 0.3 is 0 Å². The highest BCUT2D eigenvalue weighted by atomic mass is 31.1. The van der Waals surface area contributed by atoms with Crippen LogP contribution >= 0.6 is 7.55 Å². The van der Waals surface area contributed by atoms with Crippen LogP contribution in [0.15, 0.2) is 24.3 Å². The molecule has 0 aliphatic rings. The molecule has 1 heteroatoms. The van der Waals surface area contributed by atoms with Gasteiger partial charge in [-0.15, -0.1) is 0 Å². The second-order valence-electron chi connectivity index (χ2n) is 2.72. The molecule has 0 bridgehead atoms. The molecule has 0 fully saturated rings. The minimum Gasteiger partial charge on any atom is -0.0613 e. The molecule has 11 heavy (non-hydrogen) atoms. The first kappa shape index (κ1) is 8.49. The fourth-order valence-electron chi connectivity index (χ4n) is 1.01. The van der Waals surface area contributed by atoms with E-state index in [1.807, 2.05) is 0 Å². The Bertz CT molecular complexity index is 263. The van der Waals surface area contributed by atoms with Gasteiger partial charge in [0.05, 0.1) is 6.30 Å². The topological polar surface area (TPSA) is 0 Å². The van der Waals surface area contributed by atoms with E-state index in [0.717, 1.165) is 6.42 Å². The second-order valence-corrected chi connectivity index (χ2v) is 4.63. The molecule has 0 aliphatic carbocycles. The minimum absolute atomic E-state index is 0.167. The average molecular weight is 165 g/mol. The third-order valence-electron chi connectivity index (χ3n) is 1.76. The smallest absolute Gasteiger partial charge is 0.0613 e. The summed E-state index contributed by atoms with van der Waals surface area (Å²) in [7, 11) is -0.167. The maximum Gasteiger partial charge on any atom is 0.147 e. The van der Waals surface area contributed by atoms with E-state index in [1.54, 1.807) is 0 Å². The van der Waals surface area contributed by atoms with Crippen molar-refractivity contribution in [1.29, 1.82) is 0 Å². The molecule has 0 aliphatic heterocycles. The number of benzene rings is 1. The Balaban J connectivity index is 3.01. The molecule has 1 aromatic rings. The van der Waals surface area contributed by atoms with Crippen molar-refractivity contribution in [3.63, 3.8) is 0 Å². The van der Waals surface area contributed by atoms with E-state index in [4.69, 9.17) is 0 Å². The van der Waals surface area contributed by atoms with Crippen LogP contribution in [0.25, 0.3) is 0 Å². The van der Waals surface area contributed by atoms with Gasteiger partial charge < -0.3 is 0 Å². The predicted molar refractivity (Wildman–Crippen MR) is 55.4 cm³/mol. The highest BCUT2D eigenvalue weighted by Crippen LogP contribution is 2.13. The average Bonchev–Trinajstić information content (AvgIpc) is 2.05. The number of hydrogen-bond donors (Lipinski definition) is 0. The van der Waals surface area contributed by atoms with Crippen molar-refractivity contribution in [2.45, 2.75) is 13.3 Å². The largest absolute Gasteiger partial charge is 0.147 e. The van der Waals surface area contributed by atoms with Crippen molar-refractivity contribution in [2.75, 3.05) is 6.66 Å². The number of rotatable bonds is 2. The third-order valence-corrected chi connectivity index (χ3v) is 2.92. The Hall–Kier alpha value is -0.610. The highest BCUT2D eigenvalue weighted by Gasteiger charge is 2.02. The first-order chi connectivity index (χ1) is 5.24. The highest BCUT2D eigenvalue weighted by molar-refractivity contribution is 7.62. The van der Waals surface area contributed by atoms with Gasteiger partial charge in [0, 0.05) is 0 Å². The maximum atomic E-state index is 4.05. The van der Waals surface area contributed by atoms with Gasteiger partial charge in [0.1, 0.15) is 19.5 Å². The van der Waals surface area contributed by atoms with Crippen molar-refractivity contribution < 1.29 is 0 Å². The van der Waals surface area contributed by atoms with Gasteiger partial charge in [-0.2, -0.15) is 0 Å². The van der Waals surface area contributed by atoms with E-state index < -0.39 is 0 Å². The Morgan fingerprint density at radius 1 is 1.45 bits per heavy atom. The molecule has 58 valence electrons. The Morgan fingerprint density at radius 3 is 2.73 bits per heavy atom. The molecule has 0 radical (unpaired) electrons. The molecular formula is C10H14P+. The summed E-state index contributed by atoms with van der Waals surface area (Å²) in [4.78, 5) is 0. The first-order valence-electron chi connectivity index (χ1n) is 3.87. The lowest BCUT2D eigenvalue weighted by Gasteiger charge is -1.94. The Labute approximate surface area is 69.6 Å². The summed E-state index contributed by atoms with van der Waals surface area (Å²) in [5, 5.41) is 1.40. The van der Waals surface area contributed by atoms with Crippen molar-refractivity contribution in [2.24, 2.45) is 0 Å². The molecule has 1 rings (SSSR count). The zero-order valence-electron chi connectivity index (χ0n) is 7.17.